The fourth-order valence-electron chi connectivity index (χ4n) is 3.27. The van der Waals surface area contributed by atoms with E-state index in [0.717, 1.165) is 0 Å². The molecule has 34 heavy (non-hydrogen) atoms. The van der Waals surface area contributed by atoms with E-state index in [1.807, 2.05) is 6.92 Å². The highest BCUT2D eigenvalue weighted by atomic mass is 16.7. The number of hydrogen-bond acceptors (Lipinski definition) is 11. The number of nitrogens with one attached hydrogen (secondary N) is 1. The van der Waals surface area contributed by atoms with Gasteiger partial charge in [0.25, 0.3) is 5.91 Å². The van der Waals surface area contributed by atoms with E-state index in [9.17, 15) is 4.79 Å². The molecule has 0 aliphatic carbocycles. The van der Waals surface area contributed by atoms with Crippen LogP contribution in [-0.2, 0) is 0 Å². The van der Waals surface area contributed by atoms with E-state index in [2.05, 4.69) is 35.8 Å². The highest BCUT2D eigenvalue weighted by Crippen LogP contribution is 2.32. The molecule has 0 saturated heterocycles. The number of rotatable bonds is 7. The van der Waals surface area contributed by atoms with Crippen LogP contribution >= 0.6 is 0 Å². The second kappa shape index (κ2) is 8.90. The van der Waals surface area contributed by atoms with Crippen molar-refractivity contribution in [3.05, 3.63) is 53.7 Å². The van der Waals surface area contributed by atoms with Gasteiger partial charge in [-0.1, -0.05) is 5.21 Å². The molecule has 13 heteroatoms. The molecule has 2 aromatic heterocycles. The summed E-state index contributed by atoms with van der Waals surface area (Å²) >= 11 is 0. The summed E-state index contributed by atoms with van der Waals surface area (Å²) in [6, 6.07) is 12.3. The van der Waals surface area contributed by atoms with Gasteiger partial charge in [-0.05, 0) is 65.3 Å². The van der Waals surface area contributed by atoms with Crippen LogP contribution in [0.5, 0.6) is 17.2 Å². The van der Waals surface area contributed by atoms with Gasteiger partial charge in [0.2, 0.25) is 18.4 Å². The average Bonchev–Trinajstić information content (AvgIpc) is 3.58. The highest BCUT2D eigenvalue weighted by Gasteiger charge is 2.25. The normalized spacial score (nSPS) is 12.3. The number of nitrogen functional groups attached to an aromatic ring is 1. The molecule has 0 radical (unpaired) electrons. The van der Waals surface area contributed by atoms with Gasteiger partial charge in [0, 0.05) is 5.56 Å². The number of anilines is 1. The molecule has 0 atom stereocenters. The van der Waals surface area contributed by atoms with Gasteiger partial charge in [-0.25, -0.2) is 10.1 Å². The number of carbonyl (C=O) groups excluding carboxylic acids is 1. The number of fused-ring (bicyclic) bond motifs is 1. The van der Waals surface area contributed by atoms with Crippen LogP contribution in [0.1, 0.15) is 23.0 Å². The molecular formula is C21H18N8O5. The second-order valence-electron chi connectivity index (χ2n) is 6.94. The molecule has 0 spiro atoms. The maximum absolute atomic E-state index is 13.0. The average molecular weight is 462 g/mol. The van der Waals surface area contributed by atoms with E-state index in [-0.39, 0.29) is 24.1 Å². The third kappa shape index (κ3) is 3.97. The Labute approximate surface area is 192 Å². The lowest BCUT2D eigenvalue weighted by atomic mass is 10.1. The first-order chi connectivity index (χ1) is 16.6. The van der Waals surface area contributed by atoms with Gasteiger partial charge in [0.1, 0.15) is 11.4 Å². The minimum absolute atomic E-state index is 0.00519. The van der Waals surface area contributed by atoms with E-state index >= 15 is 0 Å². The molecule has 0 bridgehead atoms. The van der Waals surface area contributed by atoms with Crippen molar-refractivity contribution in [1.82, 2.24) is 30.7 Å². The van der Waals surface area contributed by atoms with E-state index in [1.54, 1.807) is 42.5 Å². The van der Waals surface area contributed by atoms with Crippen molar-refractivity contribution in [2.24, 2.45) is 5.10 Å². The predicted molar refractivity (Wildman–Crippen MR) is 118 cm³/mol. The summed E-state index contributed by atoms with van der Waals surface area (Å²) in [6.07, 6.45) is 1.47. The molecule has 3 N–H and O–H groups in total. The third-order valence-electron chi connectivity index (χ3n) is 4.80. The van der Waals surface area contributed by atoms with Gasteiger partial charge in [-0.3, -0.25) is 4.79 Å². The Hall–Kier alpha value is -4.94. The zero-order chi connectivity index (χ0) is 23.5. The summed E-state index contributed by atoms with van der Waals surface area (Å²) in [5.41, 5.74) is 9.93. The van der Waals surface area contributed by atoms with Gasteiger partial charge in [0.05, 0.1) is 12.8 Å². The van der Waals surface area contributed by atoms with Crippen molar-refractivity contribution in [2.75, 3.05) is 19.1 Å². The summed E-state index contributed by atoms with van der Waals surface area (Å²) in [6.45, 7) is 2.58. The summed E-state index contributed by atoms with van der Waals surface area (Å²) in [5, 5.41) is 19.4. The van der Waals surface area contributed by atoms with Crippen LogP contribution in [0.3, 0.4) is 0 Å². The SMILES string of the molecule is CCOc1ccc(-c2c(C(=O)N/N=C/c3ccc4c(c3)OCO4)nnn2-c2nonc2N)cc1. The Morgan fingerprint density at radius 3 is 2.79 bits per heavy atom. The molecule has 3 heterocycles. The van der Waals surface area contributed by atoms with Crippen molar-refractivity contribution >= 4 is 17.9 Å². The lowest BCUT2D eigenvalue weighted by Gasteiger charge is -2.07. The fourth-order valence-corrected chi connectivity index (χ4v) is 3.27. The van der Waals surface area contributed by atoms with Crippen molar-refractivity contribution in [2.45, 2.75) is 6.92 Å². The van der Waals surface area contributed by atoms with Gasteiger partial charge >= 0.3 is 0 Å². The number of nitrogens with zero attached hydrogens (tertiary/aromatic N) is 6. The Morgan fingerprint density at radius 1 is 1.21 bits per heavy atom. The molecule has 5 rings (SSSR count). The minimum atomic E-state index is -0.595. The molecule has 1 amide bonds. The maximum Gasteiger partial charge on any atom is 0.294 e. The van der Waals surface area contributed by atoms with E-state index in [0.29, 0.717) is 40.7 Å². The zero-order valence-corrected chi connectivity index (χ0v) is 17.8. The largest absolute Gasteiger partial charge is 0.494 e. The molecular weight excluding hydrogens is 444 g/mol. The Kier molecular flexibility index (Phi) is 5.48. The smallest absolute Gasteiger partial charge is 0.294 e. The Morgan fingerprint density at radius 2 is 2.03 bits per heavy atom. The Balaban J connectivity index is 1.44. The third-order valence-corrected chi connectivity index (χ3v) is 4.80. The molecule has 172 valence electrons. The predicted octanol–water partition coefficient (Wildman–Crippen LogP) is 1.79. The molecule has 2 aromatic carbocycles. The number of aromatic nitrogens is 5. The number of carbonyl (C=O) groups is 1. The van der Waals surface area contributed by atoms with E-state index in [1.165, 1.54) is 10.9 Å². The van der Waals surface area contributed by atoms with Crippen molar-refractivity contribution in [1.29, 1.82) is 0 Å². The quantitative estimate of drug-likeness (QED) is 0.305. The Bertz CT molecular complexity index is 1360. The minimum Gasteiger partial charge on any atom is -0.494 e. The van der Waals surface area contributed by atoms with Crippen LogP contribution in [0.15, 0.2) is 52.2 Å². The van der Waals surface area contributed by atoms with Crippen LogP contribution in [0.2, 0.25) is 0 Å². The number of amides is 1. The number of ether oxygens (including phenoxy) is 3. The topological polar surface area (TPSA) is 165 Å². The molecule has 1 aliphatic rings. The van der Waals surface area contributed by atoms with Crippen molar-refractivity contribution in [3.8, 4) is 34.3 Å². The first kappa shape index (κ1) is 20.9. The van der Waals surface area contributed by atoms with Crippen molar-refractivity contribution in [3.63, 3.8) is 0 Å². The van der Waals surface area contributed by atoms with Gasteiger partial charge in [0.15, 0.2) is 17.2 Å². The van der Waals surface area contributed by atoms with E-state index < -0.39 is 5.91 Å². The van der Waals surface area contributed by atoms with Crippen LogP contribution in [-0.4, -0.2) is 50.8 Å². The second-order valence-corrected chi connectivity index (χ2v) is 6.94. The molecule has 13 nitrogen and oxygen atoms in total. The summed E-state index contributed by atoms with van der Waals surface area (Å²) in [4.78, 5) is 13.0. The summed E-state index contributed by atoms with van der Waals surface area (Å²) in [5.74, 6) is 1.42. The monoisotopic (exact) mass is 462 g/mol. The maximum atomic E-state index is 13.0. The van der Waals surface area contributed by atoms with Gasteiger partial charge in [-0.15, -0.1) is 5.10 Å². The molecule has 0 unspecified atom stereocenters. The number of nitrogens with two attached hydrogens (primary N) is 1. The molecule has 0 saturated carbocycles. The standard InChI is InChI=1S/C21H18N8O5/c1-2-31-14-6-4-13(5-7-14)18-17(24-28-29(18)20-19(22)26-34-27-20)21(30)25-23-10-12-3-8-15-16(9-12)33-11-32-15/h3-10H,2,11H2,1H3,(H2,22,26)(H,25,30)/b23-10+. The van der Waals surface area contributed by atoms with Crippen LogP contribution < -0.4 is 25.4 Å². The van der Waals surface area contributed by atoms with Crippen LogP contribution in [0.25, 0.3) is 17.1 Å². The zero-order valence-electron chi connectivity index (χ0n) is 17.8. The van der Waals surface area contributed by atoms with Crippen LogP contribution in [0, 0.1) is 0 Å². The first-order valence-electron chi connectivity index (χ1n) is 10.1. The molecule has 1 aliphatic heterocycles. The molecule has 0 fully saturated rings. The van der Waals surface area contributed by atoms with Crippen LogP contribution in [0.4, 0.5) is 5.82 Å². The number of hydrogen-bond donors (Lipinski definition) is 2. The summed E-state index contributed by atoms with van der Waals surface area (Å²) < 4.78 is 22.1. The number of hydrazone groups is 1. The first-order valence-corrected chi connectivity index (χ1v) is 10.1. The van der Waals surface area contributed by atoms with E-state index in [4.69, 9.17) is 19.9 Å². The lowest BCUT2D eigenvalue weighted by Crippen LogP contribution is -2.19. The van der Waals surface area contributed by atoms with Gasteiger partial charge in [-0.2, -0.15) is 9.78 Å². The fraction of sp³-hybridized carbons (Fsp3) is 0.143. The van der Waals surface area contributed by atoms with Crippen molar-refractivity contribution < 1.29 is 23.6 Å². The lowest BCUT2D eigenvalue weighted by molar-refractivity contribution is 0.0950. The number of benzene rings is 2. The molecule has 4 aromatic rings. The summed E-state index contributed by atoms with van der Waals surface area (Å²) in [7, 11) is 0. The highest BCUT2D eigenvalue weighted by molar-refractivity contribution is 5.98. The van der Waals surface area contributed by atoms with Gasteiger partial charge < -0.3 is 19.9 Å².